The molecule has 0 unspecified atom stereocenters. The molecule has 0 saturated carbocycles. The number of benzene rings is 4. The molecular weight excluding hydrogens is 1240 g/mol. The van der Waals surface area contributed by atoms with Crippen LogP contribution in [-0.2, 0) is 71.9 Å². The topological polar surface area (TPSA) is 413 Å². The first-order chi connectivity index (χ1) is 46.0. The summed E-state index contributed by atoms with van der Waals surface area (Å²) in [6, 6.07) is 22.0. The predicted molar refractivity (Wildman–Crippen MR) is 347 cm³/mol. The largest absolute Gasteiger partial charge is 0.461 e. The summed E-state index contributed by atoms with van der Waals surface area (Å²) in [6.07, 6.45) is 3.61. The number of hydrogen-bond acceptors (Lipinski definition) is 17. The van der Waals surface area contributed by atoms with Crippen LogP contribution in [0, 0.1) is 11.8 Å². The first kappa shape index (κ1) is 70.6. The number of primary amides is 1. The molecule has 0 spiro atoms. The fourth-order valence-corrected chi connectivity index (χ4v) is 10.9. The van der Waals surface area contributed by atoms with Crippen LogP contribution in [0.2, 0.25) is 0 Å². The Bertz CT molecular complexity index is 3860. The standard InChI is InChI=1S/C67H79N15O14/c1-7-94-65(91)55-34-82(81-80-55)96-66(92)54(27-37(2)3)77-63(89)53(30-42-32-69-36-72-42)74-57(84)33-71-64(90)58(38(4)5)79-59(85)39(6)73-61(87)52(29-41-31-70-49-24-16-15-19-43(41)49)76-60(86)50(25-26-56(68)83)75-62(88)51(28-40-17-9-8-10-18-40)78-67(93)95-35-48-46-22-13-11-20-44(46)45-21-12-14-23-47(45)48/h8-24,31-32,34,36-39,48,50-54,58,70H,7,25-30,33,35H2,1-6H3,(H2,68,83)(H,69,72)(H,71,90)(H,73,87)(H,74,84)(H,75,88)(H,76,86)(H,77,89)(H,78,93)(H,79,85)/t39-,50-,51+,52-,53-,54-,58-/m0/s1. The Morgan fingerprint density at radius 3 is 1.90 bits per heavy atom. The van der Waals surface area contributed by atoms with E-state index in [-0.39, 0.29) is 69.3 Å². The van der Waals surface area contributed by atoms with Gasteiger partial charge < -0.3 is 72.5 Å². The second-order valence-corrected chi connectivity index (χ2v) is 23.8. The number of amides is 9. The van der Waals surface area contributed by atoms with Gasteiger partial charge in [0.25, 0.3) is 0 Å². The highest BCUT2D eigenvalue weighted by Gasteiger charge is 2.36. The zero-order chi connectivity index (χ0) is 69.0. The van der Waals surface area contributed by atoms with E-state index >= 15 is 0 Å². The van der Waals surface area contributed by atoms with Gasteiger partial charge in [-0.05, 0) is 83.2 Å². The molecule has 29 nitrogen and oxygen atoms in total. The van der Waals surface area contributed by atoms with E-state index in [2.05, 4.69) is 67.8 Å². The minimum atomic E-state index is -1.51. The average molecular weight is 1320 g/mol. The lowest BCUT2D eigenvalue weighted by atomic mass is 9.98. The number of aromatic nitrogens is 6. The summed E-state index contributed by atoms with van der Waals surface area (Å²) < 4.78 is 10.7. The Labute approximate surface area is 552 Å². The van der Waals surface area contributed by atoms with Crippen molar-refractivity contribution in [1.82, 2.24) is 72.6 Å². The van der Waals surface area contributed by atoms with Crippen LogP contribution in [0.15, 0.2) is 128 Å². The van der Waals surface area contributed by atoms with Gasteiger partial charge in [-0.3, -0.25) is 38.4 Å². The van der Waals surface area contributed by atoms with Crippen molar-refractivity contribution in [3.05, 3.63) is 162 Å². The normalized spacial score (nSPS) is 13.8. The predicted octanol–water partition coefficient (Wildman–Crippen LogP) is 2.26. The van der Waals surface area contributed by atoms with Crippen molar-refractivity contribution in [2.45, 2.75) is 128 Å². The Morgan fingerprint density at radius 2 is 1.24 bits per heavy atom. The van der Waals surface area contributed by atoms with Crippen LogP contribution in [0.5, 0.6) is 0 Å². The minimum Gasteiger partial charge on any atom is -0.461 e. The van der Waals surface area contributed by atoms with E-state index in [1.807, 2.05) is 54.6 Å². The van der Waals surface area contributed by atoms with Crippen molar-refractivity contribution in [3.8, 4) is 11.1 Å². The first-order valence-electron chi connectivity index (χ1n) is 31.4. The number of para-hydroxylation sites is 1. The number of alkyl carbamates (subject to hydrolysis) is 1. The zero-order valence-corrected chi connectivity index (χ0v) is 53.8. The van der Waals surface area contributed by atoms with Crippen molar-refractivity contribution in [2.75, 3.05) is 19.8 Å². The van der Waals surface area contributed by atoms with Gasteiger partial charge in [-0.25, -0.2) is 19.4 Å². The van der Waals surface area contributed by atoms with Crippen LogP contribution in [0.4, 0.5) is 4.79 Å². The number of nitrogens with one attached hydrogen (secondary N) is 10. The van der Waals surface area contributed by atoms with Crippen molar-refractivity contribution < 1.29 is 67.1 Å². The number of fused-ring (bicyclic) bond motifs is 4. The molecule has 1 aliphatic rings. The molecule has 3 heterocycles. The number of nitrogens with two attached hydrogens (primary N) is 1. The number of carbonyl (C=O) groups excluding carboxylic acids is 11. The third-order valence-corrected chi connectivity index (χ3v) is 15.8. The third-order valence-electron chi connectivity index (χ3n) is 15.8. The fourth-order valence-electron chi connectivity index (χ4n) is 10.9. The highest BCUT2D eigenvalue weighted by Crippen LogP contribution is 2.44. The van der Waals surface area contributed by atoms with Crippen LogP contribution >= 0.6 is 0 Å². The Kier molecular flexibility index (Phi) is 24.7. The number of rotatable bonds is 33. The summed E-state index contributed by atoms with van der Waals surface area (Å²) in [5.74, 6) is -9.55. The van der Waals surface area contributed by atoms with Gasteiger partial charge in [-0.15, -0.1) is 5.10 Å². The highest BCUT2D eigenvalue weighted by atomic mass is 16.7. The van der Waals surface area contributed by atoms with Gasteiger partial charge in [-0.2, -0.15) is 0 Å². The smallest absolute Gasteiger partial charge is 0.407 e. The second kappa shape index (κ2) is 33.5. The van der Waals surface area contributed by atoms with Crippen LogP contribution in [0.1, 0.15) is 105 Å². The number of ether oxygens (including phenoxy) is 2. The van der Waals surface area contributed by atoms with E-state index in [1.54, 1.807) is 89.3 Å². The van der Waals surface area contributed by atoms with Crippen LogP contribution in [0.25, 0.3) is 22.0 Å². The number of hydrogen-bond donors (Lipinski definition) is 11. The number of carbonyl (C=O) groups is 11. The van der Waals surface area contributed by atoms with Gasteiger partial charge in [0.15, 0.2) is 5.69 Å². The van der Waals surface area contributed by atoms with Gasteiger partial charge in [0, 0.05) is 54.9 Å². The molecule has 29 heteroatoms. The molecule has 1 aliphatic carbocycles. The molecule has 506 valence electrons. The molecule has 12 N–H and O–H groups in total. The summed E-state index contributed by atoms with van der Waals surface area (Å²) in [4.78, 5) is 167. The van der Waals surface area contributed by atoms with E-state index in [1.165, 1.54) is 19.4 Å². The Hall–Kier alpha value is -11.3. The third kappa shape index (κ3) is 19.4. The van der Waals surface area contributed by atoms with Gasteiger partial charge in [0.05, 0.1) is 25.2 Å². The van der Waals surface area contributed by atoms with Gasteiger partial charge >= 0.3 is 18.0 Å². The monoisotopic (exact) mass is 1320 g/mol. The average Bonchev–Trinajstić information content (AvgIpc) is 1.62. The van der Waals surface area contributed by atoms with Gasteiger partial charge in [0.2, 0.25) is 47.3 Å². The summed E-state index contributed by atoms with van der Waals surface area (Å²) >= 11 is 0. The number of H-pyrrole nitrogens is 2. The number of imidazole rings is 1. The Balaban J connectivity index is 0.916. The maximum Gasteiger partial charge on any atom is 0.407 e. The molecule has 0 radical (unpaired) electrons. The van der Waals surface area contributed by atoms with Crippen molar-refractivity contribution in [3.63, 3.8) is 0 Å². The molecule has 9 amide bonds. The van der Waals surface area contributed by atoms with E-state index in [4.69, 9.17) is 20.0 Å². The lowest BCUT2D eigenvalue weighted by Gasteiger charge is -2.27. The molecule has 3 aromatic heterocycles. The van der Waals surface area contributed by atoms with E-state index in [0.717, 1.165) is 28.5 Å². The number of nitrogens with zero attached hydrogens (tertiary/aromatic N) is 4. The number of esters is 1. The molecule has 0 bridgehead atoms. The molecule has 0 aliphatic heterocycles. The van der Waals surface area contributed by atoms with E-state index in [0.29, 0.717) is 32.6 Å². The van der Waals surface area contributed by atoms with E-state index in [9.17, 15) is 52.7 Å². The summed E-state index contributed by atoms with van der Waals surface area (Å²) in [5, 5.41) is 29.0. The second-order valence-electron chi connectivity index (χ2n) is 23.8. The quantitative estimate of drug-likeness (QED) is 0.0208. The first-order valence-corrected chi connectivity index (χ1v) is 31.4. The van der Waals surface area contributed by atoms with Crippen molar-refractivity contribution in [2.24, 2.45) is 17.6 Å². The molecule has 0 fully saturated rings. The van der Waals surface area contributed by atoms with Crippen LogP contribution in [0.3, 0.4) is 0 Å². The molecule has 7 atom stereocenters. The van der Waals surface area contributed by atoms with Crippen LogP contribution < -0.4 is 53.1 Å². The maximum atomic E-state index is 14.6. The fraction of sp³-hybridized carbons (Fsp3) is 0.373. The minimum absolute atomic E-state index is 0.0467. The molecule has 0 saturated heterocycles. The molecule has 96 heavy (non-hydrogen) atoms. The van der Waals surface area contributed by atoms with E-state index < -0.39 is 120 Å². The van der Waals surface area contributed by atoms with Crippen molar-refractivity contribution in [1.29, 1.82) is 0 Å². The summed E-state index contributed by atoms with van der Waals surface area (Å²) in [7, 11) is 0. The van der Waals surface area contributed by atoms with Gasteiger partial charge in [-0.1, -0.05) is 130 Å². The number of aromatic amines is 2. The SMILES string of the molecule is CCOC(=O)c1cn(OC(=O)[C@H](CC(C)C)NC(=O)[C@H](Cc2c[nH]cn2)NC(=O)CNC(=O)[C@@H](NC(=O)[C@H](C)NC(=O)[C@H](Cc2c[nH]c3ccccc23)NC(=O)[C@H](CCC(N)=O)NC(=O)[C@@H](Cc2ccccc2)NC(=O)OCC2c3ccccc3-c3ccccc32)C(C)C)nn1. The lowest BCUT2D eigenvalue weighted by molar-refractivity contribution is -0.151. The molecule has 8 rings (SSSR count). The molecule has 4 aromatic carbocycles. The Morgan fingerprint density at radius 1 is 0.625 bits per heavy atom. The van der Waals surface area contributed by atoms with Gasteiger partial charge in [0.1, 0.15) is 55.1 Å². The molecule has 7 aromatic rings. The van der Waals surface area contributed by atoms with Crippen LogP contribution in [-0.4, -0.2) is 157 Å². The maximum absolute atomic E-state index is 14.6. The zero-order valence-electron chi connectivity index (χ0n) is 53.8. The summed E-state index contributed by atoms with van der Waals surface area (Å²) in [6.45, 7) is 9.10. The lowest BCUT2D eigenvalue weighted by Crippen LogP contribution is -2.60. The summed E-state index contributed by atoms with van der Waals surface area (Å²) in [5.41, 5.74) is 11.6. The highest BCUT2D eigenvalue weighted by molar-refractivity contribution is 5.98. The molecular formula is C67H79N15O14. The van der Waals surface area contributed by atoms with Crippen molar-refractivity contribution >= 4 is 76.2 Å².